The lowest BCUT2D eigenvalue weighted by atomic mass is 9.91. The molecule has 1 fully saturated rings. The van der Waals surface area contributed by atoms with Crippen LogP contribution in [0.15, 0.2) is 22.7 Å². The molecule has 1 aromatic carbocycles. The van der Waals surface area contributed by atoms with Crippen LogP contribution >= 0.6 is 0 Å². The zero-order chi connectivity index (χ0) is 19.6. The Balaban J connectivity index is 1.60. The number of aryl methyl sites for hydroxylation is 1. The van der Waals surface area contributed by atoms with Crippen LogP contribution in [0.4, 0.5) is 8.78 Å². The van der Waals surface area contributed by atoms with Gasteiger partial charge in [-0.2, -0.15) is 4.98 Å². The molecule has 144 valence electrons. The number of rotatable bonds is 8. The summed E-state index contributed by atoms with van der Waals surface area (Å²) in [5, 5.41) is 15.6. The fourth-order valence-corrected chi connectivity index (χ4v) is 2.74. The number of hydrogen-bond acceptors (Lipinski definition) is 5. The third kappa shape index (κ3) is 4.29. The van der Waals surface area contributed by atoms with E-state index in [9.17, 15) is 23.5 Å². The monoisotopic (exact) mass is 379 g/mol. The minimum atomic E-state index is -2.09. The van der Waals surface area contributed by atoms with E-state index >= 15 is 0 Å². The van der Waals surface area contributed by atoms with Crippen molar-refractivity contribution in [3.63, 3.8) is 0 Å². The number of aromatic nitrogens is 2. The Hall–Kier alpha value is -2.84. The van der Waals surface area contributed by atoms with Crippen LogP contribution in [0.1, 0.15) is 55.8 Å². The molecule has 0 aliphatic heterocycles. The minimum absolute atomic E-state index is 0.0268. The summed E-state index contributed by atoms with van der Waals surface area (Å²) < 4.78 is 32.6. The van der Waals surface area contributed by atoms with E-state index in [1.165, 1.54) is 0 Å². The molecule has 27 heavy (non-hydrogen) atoms. The fraction of sp³-hybridized carbons (Fsp3) is 0.444. The van der Waals surface area contributed by atoms with Gasteiger partial charge in [-0.1, -0.05) is 5.16 Å². The van der Waals surface area contributed by atoms with Gasteiger partial charge in [-0.25, -0.2) is 13.6 Å². The van der Waals surface area contributed by atoms with Gasteiger partial charge in [-0.05, 0) is 44.4 Å². The maximum atomic E-state index is 14.0. The Morgan fingerprint density at radius 2 is 2.11 bits per heavy atom. The smallest absolute Gasteiger partial charge is 0.333 e. The molecule has 9 heteroatoms. The molecule has 1 aliphatic carbocycles. The summed E-state index contributed by atoms with van der Waals surface area (Å²) >= 11 is 0. The maximum absolute atomic E-state index is 14.0. The summed E-state index contributed by atoms with van der Waals surface area (Å²) in [7, 11) is 0. The van der Waals surface area contributed by atoms with Crippen molar-refractivity contribution >= 4 is 11.9 Å². The Bertz CT molecular complexity index is 866. The molecule has 1 amide bonds. The number of carboxylic acid groups (broad SMARTS) is 1. The first-order valence-corrected chi connectivity index (χ1v) is 8.62. The quantitative estimate of drug-likeness (QED) is 0.731. The Labute approximate surface area is 153 Å². The van der Waals surface area contributed by atoms with Gasteiger partial charge in [0.1, 0.15) is 11.6 Å². The molecule has 2 aromatic rings. The average Bonchev–Trinajstić information content (AvgIpc) is 3.36. The summed E-state index contributed by atoms with van der Waals surface area (Å²) in [6, 6.07) is 2.47. The summed E-state index contributed by atoms with van der Waals surface area (Å²) in [5.41, 5.74) is -2.54. The van der Waals surface area contributed by atoms with Gasteiger partial charge in [-0.3, -0.25) is 4.79 Å². The second-order valence-electron chi connectivity index (χ2n) is 6.78. The molecule has 1 atom stereocenters. The molecule has 1 aromatic heterocycles. The first-order chi connectivity index (χ1) is 12.8. The lowest BCUT2D eigenvalue weighted by Gasteiger charge is -2.27. The second kappa shape index (κ2) is 7.42. The predicted octanol–water partition coefficient (Wildman–Crippen LogP) is 2.66. The van der Waals surface area contributed by atoms with Gasteiger partial charge in [0.05, 0.1) is 0 Å². The molecular weight excluding hydrogens is 360 g/mol. The first-order valence-electron chi connectivity index (χ1n) is 8.62. The van der Waals surface area contributed by atoms with Crippen molar-refractivity contribution in [1.29, 1.82) is 0 Å². The average molecular weight is 379 g/mol. The van der Waals surface area contributed by atoms with E-state index in [4.69, 9.17) is 4.52 Å². The van der Waals surface area contributed by atoms with E-state index in [0.29, 0.717) is 30.5 Å². The van der Waals surface area contributed by atoms with Gasteiger partial charge in [-0.15, -0.1) is 0 Å². The number of nitrogens with one attached hydrogen (secondary N) is 1. The SMILES string of the molecule is CC(NC(=O)CCCc1nc(C2CC2)no1)(C(=O)O)c1cc(F)ccc1F. The lowest BCUT2D eigenvalue weighted by Crippen LogP contribution is -2.50. The molecular formula is C18H19F2N3O4. The van der Waals surface area contributed by atoms with E-state index in [0.717, 1.165) is 38.0 Å². The molecule has 7 nitrogen and oxygen atoms in total. The van der Waals surface area contributed by atoms with Crippen LogP contribution in [0, 0.1) is 11.6 Å². The molecule has 0 spiro atoms. The van der Waals surface area contributed by atoms with Crippen molar-refractivity contribution in [3.05, 3.63) is 47.1 Å². The number of hydrogen-bond donors (Lipinski definition) is 2. The number of carbonyl (C=O) groups is 2. The number of halogens is 2. The normalized spacial score (nSPS) is 16.0. The zero-order valence-corrected chi connectivity index (χ0v) is 14.7. The summed E-state index contributed by atoms with van der Waals surface area (Å²) in [6.07, 6.45) is 2.78. The highest BCUT2D eigenvalue weighted by molar-refractivity contribution is 5.87. The van der Waals surface area contributed by atoms with Gasteiger partial charge < -0.3 is 14.9 Å². The number of amides is 1. The third-order valence-electron chi connectivity index (χ3n) is 4.51. The van der Waals surface area contributed by atoms with Gasteiger partial charge in [0.15, 0.2) is 11.4 Å². The Kier molecular flexibility index (Phi) is 5.20. The van der Waals surface area contributed by atoms with Crippen LogP contribution in [-0.2, 0) is 21.5 Å². The maximum Gasteiger partial charge on any atom is 0.333 e. The highest BCUT2D eigenvalue weighted by atomic mass is 19.1. The zero-order valence-electron chi connectivity index (χ0n) is 14.7. The molecule has 1 unspecified atom stereocenters. The largest absolute Gasteiger partial charge is 0.479 e. The van der Waals surface area contributed by atoms with Crippen LogP contribution < -0.4 is 5.32 Å². The van der Waals surface area contributed by atoms with Crippen molar-refractivity contribution in [2.24, 2.45) is 0 Å². The third-order valence-corrected chi connectivity index (χ3v) is 4.51. The standard InChI is InChI=1S/C18H19F2N3O4/c1-18(17(25)26,12-9-11(19)7-8-13(12)20)22-14(24)3-2-4-15-21-16(23-27-15)10-5-6-10/h7-10H,2-6H2,1H3,(H,22,24)(H,25,26). The van der Waals surface area contributed by atoms with Gasteiger partial charge in [0, 0.05) is 24.3 Å². The summed E-state index contributed by atoms with van der Waals surface area (Å²) in [5.74, 6) is -2.35. The van der Waals surface area contributed by atoms with Crippen molar-refractivity contribution in [2.75, 3.05) is 0 Å². The van der Waals surface area contributed by atoms with Crippen molar-refractivity contribution in [3.8, 4) is 0 Å². The van der Waals surface area contributed by atoms with E-state index in [-0.39, 0.29) is 6.42 Å². The van der Waals surface area contributed by atoms with Gasteiger partial charge in [0.2, 0.25) is 11.8 Å². The highest BCUT2D eigenvalue weighted by Crippen LogP contribution is 2.38. The number of nitrogens with zero attached hydrogens (tertiary/aromatic N) is 2. The number of carbonyl (C=O) groups excluding carboxylic acids is 1. The number of aliphatic carboxylic acids is 1. The number of carboxylic acids is 1. The topological polar surface area (TPSA) is 105 Å². The summed E-state index contributed by atoms with van der Waals surface area (Å²) in [4.78, 5) is 28.1. The molecule has 0 radical (unpaired) electrons. The Morgan fingerprint density at radius 1 is 1.37 bits per heavy atom. The van der Waals surface area contributed by atoms with Gasteiger partial charge >= 0.3 is 5.97 Å². The Morgan fingerprint density at radius 3 is 2.78 bits per heavy atom. The van der Waals surface area contributed by atoms with Crippen LogP contribution in [0.2, 0.25) is 0 Å². The molecule has 1 heterocycles. The molecule has 1 aliphatic rings. The van der Waals surface area contributed by atoms with E-state index in [2.05, 4.69) is 15.5 Å². The highest BCUT2D eigenvalue weighted by Gasteiger charge is 2.39. The molecule has 3 rings (SSSR count). The lowest BCUT2D eigenvalue weighted by molar-refractivity contribution is -0.147. The van der Waals surface area contributed by atoms with E-state index in [1.54, 1.807) is 0 Å². The van der Waals surface area contributed by atoms with E-state index < -0.39 is 34.6 Å². The molecule has 0 bridgehead atoms. The van der Waals surface area contributed by atoms with E-state index in [1.807, 2.05) is 0 Å². The van der Waals surface area contributed by atoms with Crippen LogP contribution in [0.25, 0.3) is 0 Å². The first kappa shape index (κ1) is 18.9. The van der Waals surface area contributed by atoms with Gasteiger partial charge in [0.25, 0.3) is 0 Å². The molecule has 0 saturated heterocycles. The summed E-state index contributed by atoms with van der Waals surface area (Å²) in [6.45, 7) is 1.12. The molecule has 2 N–H and O–H groups in total. The predicted molar refractivity (Wildman–Crippen MR) is 88.7 cm³/mol. The number of benzene rings is 1. The van der Waals surface area contributed by atoms with Crippen LogP contribution in [0.5, 0.6) is 0 Å². The van der Waals surface area contributed by atoms with Crippen molar-refractivity contribution < 1.29 is 28.0 Å². The fourth-order valence-electron chi connectivity index (χ4n) is 2.74. The second-order valence-corrected chi connectivity index (χ2v) is 6.78. The van der Waals surface area contributed by atoms with Crippen LogP contribution in [0.3, 0.4) is 0 Å². The molecule has 1 saturated carbocycles. The van der Waals surface area contributed by atoms with Crippen LogP contribution in [-0.4, -0.2) is 27.1 Å². The minimum Gasteiger partial charge on any atom is -0.479 e. The van der Waals surface area contributed by atoms with Crippen molar-refractivity contribution in [2.45, 2.75) is 50.5 Å². The van der Waals surface area contributed by atoms with Crippen molar-refractivity contribution in [1.82, 2.24) is 15.5 Å².